The molecule has 0 aromatic heterocycles. The Labute approximate surface area is 153 Å². The van der Waals surface area contributed by atoms with E-state index in [9.17, 15) is 9.90 Å². The average molecular weight is 378 g/mol. The zero-order valence-electron chi connectivity index (χ0n) is 13.1. The number of benzene rings is 2. The van der Waals surface area contributed by atoms with E-state index in [2.05, 4.69) is 15.5 Å². The number of halogens is 2. The highest BCUT2D eigenvalue weighted by Crippen LogP contribution is 2.34. The summed E-state index contributed by atoms with van der Waals surface area (Å²) in [5, 5.41) is 21.0. The zero-order valence-corrected chi connectivity index (χ0v) is 14.6. The van der Waals surface area contributed by atoms with Crippen molar-refractivity contribution in [2.75, 3.05) is 11.9 Å². The van der Waals surface area contributed by atoms with E-state index in [4.69, 9.17) is 27.9 Å². The lowest BCUT2D eigenvalue weighted by molar-refractivity contribution is -0.110. The molecule has 128 valence electrons. The largest absolute Gasteiger partial charge is 0.504 e. The van der Waals surface area contributed by atoms with Crippen molar-refractivity contribution in [1.29, 1.82) is 0 Å². The van der Waals surface area contributed by atoms with Crippen LogP contribution < -0.4 is 10.1 Å². The van der Waals surface area contributed by atoms with E-state index >= 15 is 0 Å². The van der Waals surface area contributed by atoms with Crippen molar-refractivity contribution in [3.63, 3.8) is 0 Å². The number of carbonyl (C=O) groups is 1. The highest BCUT2D eigenvalue weighted by Gasteiger charge is 2.28. The van der Waals surface area contributed by atoms with Gasteiger partial charge < -0.3 is 15.2 Å². The molecule has 0 aliphatic carbocycles. The third kappa shape index (κ3) is 3.60. The molecule has 0 unspecified atom stereocenters. The SMILES string of the molecule is CCOc1cc(C=NN=C2C(=O)Nc3c(Cl)cc(Cl)cc32)ccc1O. The third-order valence-electron chi connectivity index (χ3n) is 3.41. The molecule has 1 heterocycles. The number of hydrogen-bond donors (Lipinski definition) is 2. The molecule has 0 fully saturated rings. The normalized spacial score (nSPS) is 14.8. The van der Waals surface area contributed by atoms with Crippen LogP contribution in [0.4, 0.5) is 5.69 Å². The number of nitrogens with zero attached hydrogens (tertiary/aromatic N) is 2. The summed E-state index contributed by atoms with van der Waals surface area (Å²) in [6, 6.07) is 7.91. The van der Waals surface area contributed by atoms with Gasteiger partial charge in [-0.05, 0) is 42.8 Å². The number of phenols is 1. The van der Waals surface area contributed by atoms with Crippen molar-refractivity contribution in [3.8, 4) is 11.5 Å². The lowest BCUT2D eigenvalue weighted by Gasteiger charge is -2.05. The summed E-state index contributed by atoms with van der Waals surface area (Å²) in [4.78, 5) is 12.1. The molecular formula is C17H13Cl2N3O3. The number of phenolic OH excluding ortho intramolecular Hbond substituents is 1. The smallest absolute Gasteiger partial charge is 0.276 e. The maximum absolute atomic E-state index is 12.1. The maximum Gasteiger partial charge on any atom is 0.276 e. The Morgan fingerprint density at radius 1 is 1.28 bits per heavy atom. The van der Waals surface area contributed by atoms with Crippen molar-refractivity contribution >= 4 is 46.7 Å². The van der Waals surface area contributed by atoms with Gasteiger partial charge in [-0.15, -0.1) is 5.10 Å². The summed E-state index contributed by atoms with van der Waals surface area (Å²) in [5.74, 6) is -0.0163. The number of nitrogens with one attached hydrogen (secondary N) is 1. The van der Waals surface area contributed by atoms with Gasteiger partial charge in [0.2, 0.25) is 0 Å². The van der Waals surface area contributed by atoms with Gasteiger partial charge in [-0.25, -0.2) is 0 Å². The predicted molar refractivity (Wildman–Crippen MR) is 98.5 cm³/mol. The number of rotatable bonds is 4. The van der Waals surface area contributed by atoms with Crippen molar-refractivity contribution in [1.82, 2.24) is 0 Å². The predicted octanol–water partition coefficient (Wildman–Crippen LogP) is 3.87. The molecule has 6 nitrogen and oxygen atoms in total. The first-order valence-corrected chi connectivity index (χ1v) is 8.12. The van der Waals surface area contributed by atoms with Gasteiger partial charge in [0.15, 0.2) is 17.2 Å². The Hall–Kier alpha value is -2.57. The van der Waals surface area contributed by atoms with Crippen LogP contribution in [0.25, 0.3) is 0 Å². The van der Waals surface area contributed by atoms with Crippen LogP contribution in [-0.2, 0) is 4.79 Å². The fraction of sp³-hybridized carbons (Fsp3) is 0.118. The molecule has 2 N–H and O–H groups in total. The molecule has 2 aromatic rings. The van der Waals surface area contributed by atoms with E-state index in [1.54, 1.807) is 24.3 Å². The summed E-state index contributed by atoms with van der Waals surface area (Å²) in [5.41, 5.74) is 1.75. The summed E-state index contributed by atoms with van der Waals surface area (Å²) >= 11 is 12.0. The van der Waals surface area contributed by atoms with Crippen molar-refractivity contribution in [3.05, 3.63) is 51.5 Å². The minimum Gasteiger partial charge on any atom is -0.504 e. The molecule has 0 spiro atoms. The molecule has 0 atom stereocenters. The van der Waals surface area contributed by atoms with E-state index in [0.29, 0.717) is 39.2 Å². The Morgan fingerprint density at radius 3 is 2.84 bits per heavy atom. The van der Waals surface area contributed by atoms with Crippen LogP contribution >= 0.6 is 23.2 Å². The topological polar surface area (TPSA) is 83.3 Å². The van der Waals surface area contributed by atoms with Crippen molar-refractivity contribution < 1.29 is 14.6 Å². The first kappa shape index (κ1) is 17.3. The van der Waals surface area contributed by atoms with E-state index in [1.165, 1.54) is 12.3 Å². The van der Waals surface area contributed by atoms with Gasteiger partial charge in [0.1, 0.15) is 0 Å². The van der Waals surface area contributed by atoms with Gasteiger partial charge in [0.05, 0.1) is 23.5 Å². The Kier molecular flexibility index (Phi) is 4.92. The van der Waals surface area contributed by atoms with Gasteiger partial charge in [0, 0.05) is 10.6 Å². The van der Waals surface area contributed by atoms with E-state index in [0.717, 1.165) is 0 Å². The fourth-order valence-electron chi connectivity index (χ4n) is 2.32. The molecule has 2 aromatic carbocycles. The highest BCUT2D eigenvalue weighted by atomic mass is 35.5. The lowest BCUT2D eigenvalue weighted by atomic mass is 10.1. The number of fused-ring (bicyclic) bond motifs is 1. The number of hydrogen-bond acceptors (Lipinski definition) is 5. The van der Waals surface area contributed by atoms with Crippen LogP contribution in [0, 0.1) is 0 Å². The van der Waals surface area contributed by atoms with E-state index in [-0.39, 0.29) is 11.5 Å². The van der Waals surface area contributed by atoms with Crippen LogP contribution in [0.5, 0.6) is 11.5 Å². The van der Waals surface area contributed by atoms with E-state index in [1.807, 2.05) is 6.92 Å². The van der Waals surface area contributed by atoms with Crippen LogP contribution in [0.1, 0.15) is 18.1 Å². The summed E-state index contributed by atoms with van der Waals surface area (Å²) in [6.07, 6.45) is 1.45. The van der Waals surface area contributed by atoms with Gasteiger partial charge in [-0.2, -0.15) is 5.10 Å². The number of anilines is 1. The minimum absolute atomic E-state index is 0.0405. The van der Waals surface area contributed by atoms with Crippen molar-refractivity contribution in [2.45, 2.75) is 6.92 Å². The zero-order chi connectivity index (χ0) is 18.0. The van der Waals surface area contributed by atoms with Gasteiger partial charge in [-0.3, -0.25) is 4.79 Å². The number of carbonyl (C=O) groups excluding carboxylic acids is 1. The second-order valence-electron chi connectivity index (χ2n) is 5.12. The van der Waals surface area contributed by atoms with Crippen molar-refractivity contribution in [2.24, 2.45) is 10.2 Å². The summed E-state index contributed by atoms with van der Waals surface area (Å²) < 4.78 is 5.31. The average Bonchev–Trinajstić information content (AvgIpc) is 2.87. The minimum atomic E-state index is -0.406. The second kappa shape index (κ2) is 7.13. The first-order valence-electron chi connectivity index (χ1n) is 7.37. The molecule has 0 radical (unpaired) electrons. The highest BCUT2D eigenvalue weighted by molar-refractivity contribution is 6.56. The second-order valence-corrected chi connectivity index (χ2v) is 5.96. The van der Waals surface area contributed by atoms with Gasteiger partial charge in [-0.1, -0.05) is 23.2 Å². The van der Waals surface area contributed by atoms with Crippen LogP contribution in [0.15, 0.2) is 40.5 Å². The monoisotopic (exact) mass is 377 g/mol. The fourth-order valence-corrected chi connectivity index (χ4v) is 2.86. The molecule has 1 aliphatic heterocycles. The number of ether oxygens (including phenoxy) is 1. The summed E-state index contributed by atoms with van der Waals surface area (Å²) in [7, 11) is 0. The molecule has 0 bridgehead atoms. The van der Waals surface area contributed by atoms with E-state index < -0.39 is 5.91 Å². The number of aromatic hydroxyl groups is 1. The molecule has 1 aliphatic rings. The Bertz CT molecular complexity index is 910. The molecule has 0 saturated heterocycles. The van der Waals surface area contributed by atoms with Gasteiger partial charge in [0.25, 0.3) is 5.91 Å². The summed E-state index contributed by atoms with van der Waals surface area (Å²) in [6.45, 7) is 2.24. The standard InChI is InChI=1S/C17H13Cl2N3O3/c1-2-25-14-5-9(3-4-13(14)23)8-20-22-16-11-6-10(18)7-12(19)15(11)21-17(16)24/h3-8,23H,2H2,1H3,(H,21,22,24). The Balaban J connectivity index is 1.89. The van der Waals surface area contributed by atoms with Crippen LogP contribution in [-0.4, -0.2) is 29.5 Å². The molecule has 3 rings (SSSR count). The van der Waals surface area contributed by atoms with Crippen LogP contribution in [0.3, 0.4) is 0 Å². The van der Waals surface area contributed by atoms with Crippen LogP contribution in [0.2, 0.25) is 10.0 Å². The first-order chi connectivity index (χ1) is 12.0. The molecule has 1 amide bonds. The molecule has 25 heavy (non-hydrogen) atoms. The molecule has 8 heteroatoms. The number of amides is 1. The molecule has 0 saturated carbocycles. The maximum atomic E-state index is 12.1. The van der Waals surface area contributed by atoms with Gasteiger partial charge >= 0.3 is 0 Å². The Morgan fingerprint density at radius 2 is 2.08 bits per heavy atom. The lowest BCUT2D eigenvalue weighted by Crippen LogP contribution is -2.13. The molecular weight excluding hydrogens is 365 g/mol. The quantitative estimate of drug-likeness (QED) is 0.626. The third-order valence-corrected chi connectivity index (χ3v) is 3.93.